The second kappa shape index (κ2) is 5.63. The SMILES string of the molecule is CCN(C(=O)c1n[nH]c(C(C)(C)C)n1)c1cccc(F)c1. The zero-order chi connectivity index (χ0) is 15.6. The van der Waals surface area contributed by atoms with E-state index in [-0.39, 0.29) is 23.0 Å². The Labute approximate surface area is 123 Å². The van der Waals surface area contributed by atoms with Crippen molar-refractivity contribution in [2.24, 2.45) is 0 Å². The van der Waals surface area contributed by atoms with Gasteiger partial charge in [0.2, 0.25) is 5.82 Å². The van der Waals surface area contributed by atoms with Crippen LogP contribution >= 0.6 is 0 Å². The summed E-state index contributed by atoms with van der Waals surface area (Å²) in [5, 5.41) is 6.76. The summed E-state index contributed by atoms with van der Waals surface area (Å²) in [6.07, 6.45) is 0. The van der Waals surface area contributed by atoms with E-state index in [2.05, 4.69) is 15.2 Å². The molecule has 0 atom stereocenters. The van der Waals surface area contributed by atoms with Crippen LogP contribution < -0.4 is 4.90 Å². The Bertz CT molecular complexity index is 645. The predicted molar refractivity (Wildman–Crippen MR) is 78.8 cm³/mol. The van der Waals surface area contributed by atoms with E-state index >= 15 is 0 Å². The van der Waals surface area contributed by atoms with E-state index in [1.807, 2.05) is 27.7 Å². The van der Waals surface area contributed by atoms with Gasteiger partial charge in [0.15, 0.2) is 0 Å². The van der Waals surface area contributed by atoms with Crippen molar-refractivity contribution in [3.05, 3.63) is 41.7 Å². The summed E-state index contributed by atoms with van der Waals surface area (Å²) in [6, 6.07) is 5.91. The lowest BCUT2D eigenvalue weighted by Gasteiger charge is -2.19. The lowest BCUT2D eigenvalue weighted by Crippen LogP contribution is -2.31. The molecule has 0 spiro atoms. The molecule has 0 bridgehead atoms. The number of carbonyl (C=O) groups is 1. The van der Waals surface area contributed by atoms with Crippen LogP contribution in [-0.4, -0.2) is 27.6 Å². The van der Waals surface area contributed by atoms with Gasteiger partial charge in [-0.1, -0.05) is 26.8 Å². The van der Waals surface area contributed by atoms with Crippen LogP contribution in [0.1, 0.15) is 44.1 Å². The van der Waals surface area contributed by atoms with E-state index < -0.39 is 0 Å². The number of halogens is 1. The van der Waals surface area contributed by atoms with Crippen LogP contribution in [0.3, 0.4) is 0 Å². The van der Waals surface area contributed by atoms with E-state index in [1.54, 1.807) is 12.1 Å². The van der Waals surface area contributed by atoms with Crippen molar-refractivity contribution < 1.29 is 9.18 Å². The number of nitrogens with one attached hydrogen (secondary N) is 1. The summed E-state index contributed by atoms with van der Waals surface area (Å²) in [5.41, 5.74) is 0.270. The third-order valence-electron chi connectivity index (χ3n) is 3.07. The number of anilines is 1. The molecule has 1 aromatic carbocycles. The molecule has 0 unspecified atom stereocenters. The molecular weight excluding hydrogens is 271 g/mol. The maximum Gasteiger partial charge on any atom is 0.297 e. The molecule has 6 heteroatoms. The molecule has 0 fully saturated rings. The summed E-state index contributed by atoms with van der Waals surface area (Å²) in [7, 11) is 0. The first kappa shape index (κ1) is 15.2. The summed E-state index contributed by atoms with van der Waals surface area (Å²) in [4.78, 5) is 18.2. The van der Waals surface area contributed by atoms with Crippen LogP contribution in [-0.2, 0) is 5.41 Å². The number of aromatic amines is 1. The number of hydrogen-bond acceptors (Lipinski definition) is 3. The normalized spacial score (nSPS) is 11.5. The molecule has 0 radical (unpaired) electrons. The first-order valence-electron chi connectivity index (χ1n) is 6.83. The Morgan fingerprint density at radius 1 is 1.38 bits per heavy atom. The third-order valence-corrected chi connectivity index (χ3v) is 3.07. The maximum absolute atomic E-state index is 13.3. The highest BCUT2D eigenvalue weighted by Gasteiger charge is 2.24. The van der Waals surface area contributed by atoms with Crippen LogP contribution in [0.15, 0.2) is 24.3 Å². The lowest BCUT2D eigenvalue weighted by atomic mass is 9.96. The Hall–Kier alpha value is -2.24. The molecular formula is C15H19FN4O. The summed E-state index contributed by atoms with van der Waals surface area (Å²) < 4.78 is 13.3. The highest BCUT2D eigenvalue weighted by molar-refractivity contribution is 6.03. The van der Waals surface area contributed by atoms with Crippen molar-refractivity contribution in [1.29, 1.82) is 0 Å². The molecule has 112 valence electrons. The number of carbonyl (C=O) groups excluding carboxylic acids is 1. The number of rotatable bonds is 3. The molecule has 1 amide bonds. The van der Waals surface area contributed by atoms with Crippen molar-refractivity contribution in [2.75, 3.05) is 11.4 Å². The van der Waals surface area contributed by atoms with Gasteiger partial charge in [0, 0.05) is 17.6 Å². The van der Waals surface area contributed by atoms with Crippen molar-refractivity contribution in [2.45, 2.75) is 33.1 Å². The molecule has 2 rings (SSSR count). The minimum Gasteiger partial charge on any atom is -0.306 e. The van der Waals surface area contributed by atoms with Crippen LogP contribution in [0.5, 0.6) is 0 Å². The van der Waals surface area contributed by atoms with Gasteiger partial charge in [-0.15, -0.1) is 5.10 Å². The van der Waals surface area contributed by atoms with E-state index in [1.165, 1.54) is 17.0 Å². The van der Waals surface area contributed by atoms with Gasteiger partial charge in [-0.25, -0.2) is 9.37 Å². The van der Waals surface area contributed by atoms with Crippen molar-refractivity contribution in [1.82, 2.24) is 15.2 Å². The highest BCUT2D eigenvalue weighted by Crippen LogP contribution is 2.20. The van der Waals surface area contributed by atoms with Crippen LogP contribution in [0, 0.1) is 5.82 Å². The molecule has 1 heterocycles. The number of hydrogen-bond donors (Lipinski definition) is 1. The predicted octanol–water partition coefficient (Wildman–Crippen LogP) is 2.91. The van der Waals surface area contributed by atoms with Gasteiger partial charge in [-0.05, 0) is 25.1 Å². The van der Waals surface area contributed by atoms with Crippen molar-refractivity contribution in [3.63, 3.8) is 0 Å². The minimum atomic E-state index is -0.385. The molecule has 0 aliphatic carbocycles. The van der Waals surface area contributed by atoms with Gasteiger partial charge in [0.05, 0.1) is 0 Å². The number of amides is 1. The molecule has 2 aromatic rings. The fourth-order valence-electron chi connectivity index (χ4n) is 1.90. The number of nitrogens with zero attached hydrogens (tertiary/aromatic N) is 3. The Morgan fingerprint density at radius 2 is 2.10 bits per heavy atom. The average molecular weight is 290 g/mol. The van der Waals surface area contributed by atoms with Gasteiger partial charge < -0.3 is 4.90 Å². The van der Waals surface area contributed by atoms with Gasteiger partial charge >= 0.3 is 0 Å². The number of benzene rings is 1. The first-order chi connectivity index (χ1) is 9.82. The molecule has 0 aliphatic rings. The second-order valence-corrected chi connectivity index (χ2v) is 5.79. The van der Waals surface area contributed by atoms with Crippen LogP contribution in [0.4, 0.5) is 10.1 Å². The Kier molecular flexibility index (Phi) is 4.06. The van der Waals surface area contributed by atoms with Crippen LogP contribution in [0.2, 0.25) is 0 Å². The van der Waals surface area contributed by atoms with Crippen molar-refractivity contribution in [3.8, 4) is 0 Å². The van der Waals surface area contributed by atoms with E-state index in [0.717, 1.165) is 0 Å². The molecule has 21 heavy (non-hydrogen) atoms. The fraction of sp³-hybridized carbons (Fsp3) is 0.400. The van der Waals surface area contributed by atoms with Crippen molar-refractivity contribution >= 4 is 11.6 Å². The Balaban J connectivity index is 2.31. The fourth-order valence-corrected chi connectivity index (χ4v) is 1.90. The standard InChI is InChI=1S/C15H19FN4O/c1-5-20(11-8-6-7-10(16)9-11)13(21)12-17-14(19-18-12)15(2,3)4/h6-9H,5H2,1-4H3,(H,17,18,19). The summed E-state index contributed by atoms with van der Waals surface area (Å²) >= 11 is 0. The highest BCUT2D eigenvalue weighted by atomic mass is 19.1. The lowest BCUT2D eigenvalue weighted by molar-refractivity contribution is 0.0978. The third kappa shape index (κ3) is 3.26. The molecule has 0 saturated heterocycles. The summed E-state index contributed by atoms with van der Waals surface area (Å²) in [6.45, 7) is 8.16. The molecule has 5 nitrogen and oxygen atoms in total. The molecule has 0 aliphatic heterocycles. The first-order valence-corrected chi connectivity index (χ1v) is 6.83. The zero-order valence-electron chi connectivity index (χ0n) is 12.6. The topological polar surface area (TPSA) is 61.9 Å². The van der Waals surface area contributed by atoms with Gasteiger partial charge in [-0.3, -0.25) is 9.89 Å². The average Bonchev–Trinajstić information content (AvgIpc) is 2.89. The number of aromatic nitrogens is 3. The molecule has 1 N–H and O–H groups in total. The van der Waals surface area contributed by atoms with E-state index in [4.69, 9.17) is 0 Å². The van der Waals surface area contributed by atoms with Gasteiger partial charge in [-0.2, -0.15) is 0 Å². The van der Waals surface area contributed by atoms with Crippen LogP contribution in [0.25, 0.3) is 0 Å². The number of H-pyrrole nitrogens is 1. The molecule has 1 aromatic heterocycles. The second-order valence-electron chi connectivity index (χ2n) is 5.79. The minimum absolute atomic E-state index is 0.0889. The zero-order valence-corrected chi connectivity index (χ0v) is 12.6. The molecule has 0 saturated carbocycles. The maximum atomic E-state index is 13.3. The van der Waals surface area contributed by atoms with Gasteiger partial charge in [0.25, 0.3) is 5.91 Å². The van der Waals surface area contributed by atoms with Gasteiger partial charge in [0.1, 0.15) is 11.6 Å². The monoisotopic (exact) mass is 290 g/mol. The Morgan fingerprint density at radius 3 is 2.62 bits per heavy atom. The largest absolute Gasteiger partial charge is 0.306 e. The summed E-state index contributed by atoms with van der Waals surface area (Å²) in [5.74, 6) is -0.00820. The van der Waals surface area contributed by atoms with E-state index in [9.17, 15) is 9.18 Å². The quantitative estimate of drug-likeness (QED) is 0.945. The smallest absolute Gasteiger partial charge is 0.297 e. The van der Waals surface area contributed by atoms with E-state index in [0.29, 0.717) is 18.1 Å².